The van der Waals surface area contributed by atoms with E-state index in [1.165, 1.54) is 6.20 Å². The monoisotopic (exact) mass is 325 g/mol. The largest absolute Gasteiger partial charge is 0.476 e. The Morgan fingerprint density at radius 3 is 2.33 bits per heavy atom. The number of carboxylic acids is 1. The van der Waals surface area contributed by atoms with E-state index in [2.05, 4.69) is 36.8 Å². The Bertz CT molecular complexity index is 794. The zero-order valence-electron chi connectivity index (χ0n) is 13.9. The van der Waals surface area contributed by atoms with Gasteiger partial charge in [-0.15, -0.1) is 0 Å². The first kappa shape index (κ1) is 16.1. The third-order valence-electron chi connectivity index (χ3n) is 4.35. The Balaban J connectivity index is 1.95. The summed E-state index contributed by atoms with van der Waals surface area (Å²) < 4.78 is 0. The van der Waals surface area contributed by atoms with Gasteiger partial charge in [0.2, 0.25) is 0 Å². The molecule has 0 radical (unpaired) electrons. The van der Waals surface area contributed by atoms with Crippen LogP contribution in [0.1, 0.15) is 53.2 Å². The maximum atomic E-state index is 12.8. The van der Waals surface area contributed by atoms with E-state index in [0.717, 1.165) is 17.4 Å². The second-order valence-corrected chi connectivity index (χ2v) is 6.99. The molecule has 6 nitrogen and oxygen atoms in total. The first-order valence-electron chi connectivity index (χ1n) is 7.75. The van der Waals surface area contributed by atoms with Crippen molar-refractivity contribution in [3.05, 3.63) is 53.6 Å². The van der Waals surface area contributed by atoms with Crippen LogP contribution in [0.4, 0.5) is 5.69 Å². The van der Waals surface area contributed by atoms with Gasteiger partial charge in [0.25, 0.3) is 5.91 Å². The number of fused-ring (bicyclic) bond motifs is 1. The molecule has 0 saturated heterocycles. The van der Waals surface area contributed by atoms with Crippen LogP contribution >= 0.6 is 0 Å². The van der Waals surface area contributed by atoms with E-state index in [0.29, 0.717) is 6.54 Å². The van der Waals surface area contributed by atoms with E-state index in [1.54, 1.807) is 4.90 Å². The molecule has 0 saturated carbocycles. The Morgan fingerprint density at radius 1 is 1.12 bits per heavy atom. The standard InChI is InChI=1S/C18H19N3O3/c1-18(2,3)12-10-21(15-7-5-4-6-11(12)15)16(22)13-8-20-14(9-19-13)17(23)24/h4-9,12H,10H2,1-3H3,(H,23,24). The summed E-state index contributed by atoms with van der Waals surface area (Å²) in [6.07, 6.45) is 2.33. The van der Waals surface area contributed by atoms with Gasteiger partial charge >= 0.3 is 5.97 Å². The highest BCUT2D eigenvalue weighted by atomic mass is 16.4. The molecule has 1 unspecified atom stereocenters. The second kappa shape index (κ2) is 5.70. The van der Waals surface area contributed by atoms with Crippen molar-refractivity contribution in [1.29, 1.82) is 0 Å². The molecule has 124 valence electrons. The molecule has 1 aliphatic heterocycles. The molecule has 2 aromatic rings. The van der Waals surface area contributed by atoms with Crippen molar-refractivity contribution in [2.75, 3.05) is 11.4 Å². The van der Waals surface area contributed by atoms with Crippen LogP contribution in [-0.2, 0) is 0 Å². The smallest absolute Gasteiger partial charge is 0.356 e. The predicted molar refractivity (Wildman–Crippen MR) is 89.3 cm³/mol. The fourth-order valence-corrected chi connectivity index (χ4v) is 3.03. The summed E-state index contributed by atoms with van der Waals surface area (Å²) in [5.74, 6) is -1.21. The second-order valence-electron chi connectivity index (χ2n) is 6.99. The molecule has 0 bridgehead atoms. The van der Waals surface area contributed by atoms with Crippen LogP contribution in [0.2, 0.25) is 0 Å². The average Bonchev–Trinajstić information content (AvgIpc) is 2.94. The lowest BCUT2D eigenvalue weighted by atomic mass is 9.78. The summed E-state index contributed by atoms with van der Waals surface area (Å²) in [4.78, 5) is 33.2. The molecular weight excluding hydrogens is 306 g/mol. The minimum atomic E-state index is -1.17. The third-order valence-corrected chi connectivity index (χ3v) is 4.35. The van der Waals surface area contributed by atoms with Gasteiger partial charge in [-0.3, -0.25) is 4.79 Å². The number of rotatable bonds is 2. The van der Waals surface area contributed by atoms with E-state index in [4.69, 9.17) is 5.11 Å². The number of anilines is 1. The number of carboxylic acid groups (broad SMARTS) is 1. The van der Waals surface area contributed by atoms with Gasteiger partial charge in [0.15, 0.2) is 5.69 Å². The molecule has 3 rings (SSSR count). The molecule has 0 spiro atoms. The number of amides is 1. The van der Waals surface area contributed by atoms with Crippen LogP contribution in [-0.4, -0.2) is 33.5 Å². The Hall–Kier alpha value is -2.76. The summed E-state index contributed by atoms with van der Waals surface area (Å²) in [5.41, 5.74) is 2.01. The van der Waals surface area contributed by atoms with E-state index in [-0.39, 0.29) is 28.6 Å². The van der Waals surface area contributed by atoms with Crippen molar-refractivity contribution in [3.8, 4) is 0 Å². The lowest BCUT2D eigenvalue weighted by Crippen LogP contribution is -2.33. The molecule has 0 fully saturated rings. The lowest BCUT2D eigenvalue weighted by molar-refractivity contribution is 0.0689. The molecule has 1 atom stereocenters. The highest BCUT2D eigenvalue weighted by Gasteiger charge is 2.39. The van der Waals surface area contributed by atoms with E-state index >= 15 is 0 Å². The van der Waals surface area contributed by atoms with Crippen molar-refractivity contribution < 1.29 is 14.7 Å². The minimum Gasteiger partial charge on any atom is -0.476 e. The van der Waals surface area contributed by atoms with Crippen molar-refractivity contribution in [2.24, 2.45) is 5.41 Å². The first-order valence-corrected chi connectivity index (χ1v) is 7.75. The summed E-state index contributed by atoms with van der Waals surface area (Å²) >= 11 is 0. The summed E-state index contributed by atoms with van der Waals surface area (Å²) in [5, 5.41) is 8.88. The summed E-state index contributed by atoms with van der Waals surface area (Å²) in [7, 11) is 0. The average molecular weight is 325 g/mol. The van der Waals surface area contributed by atoms with Gasteiger partial charge in [0.1, 0.15) is 5.69 Å². The molecule has 0 aliphatic carbocycles. The Labute approximate surface area is 140 Å². The zero-order valence-corrected chi connectivity index (χ0v) is 13.9. The molecule has 1 aromatic carbocycles. The number of aromatic carboxylic acids is 1. The van der Waals surface area contributed by atoms with Gasteiger partial charge in [-0.2, -0.15) is 0 Å². The van der Waals surface area contributed by atoms with Gasteiger partial charge < -0.3 is 10.0 Å². The molecule has 1 N–H and O–H groups in total. The van der Waals surface area contributed by atoms with Gasteiger partial charge in [-0.25, -0.2) is 14.8 Å². The number of hydrogen-bond acceptors (Lipinski definition) is 4. The van der Waals surface area contributed by atoms with Crippen LogP contribution in [0.5, 0.6) is 0 Å². The van der Waals surface area contributed by atoms with Crippen molar-refractivity contribution in [2.45, 2.75) is 26.7 Å². The van der Waals surface area contributed by atoms with Crippen LogP contribution < -0.4 is 4.90 Å². The third kappa shape index (κ3) is 2.75. The normalized spacial score (nSPS) is 16.8. The van der Waals surface area contributed by atoms with Crippen LogP contribution in [0.15, 0.2) is 36.7 Å². The number of carbonyl (C=O) groups excluding carboxylic acids is 1. The van der Waals surface area contributed by atoms with Crippen LogP contribution in [0.3, 0.4) is 0 Å². The molecular formula is C18H19N3O3. The molecule has 6 heteroatoms. The summed E-state index contributed by atoms with van der Waals surface area (Å²) in [6, 6.07) is 7.87. The van der Waals surface area contributed by atoms with Crippen LogP contribution in [0, 0.1) is 5.41 Å². The number of benzene rings is 1. The lowest BCUT2D eigenvalue weighted by Gasteiger charge is -2.27. The van der Waals surface area contributed by atoms with Crippen molar-refractivity contribution in [1.82, 2.24) is 9.97 Å². The number of nitrogens with zero attached hydrogens (tertiary/aromatic N) is 3. The number of aromatic nitrogens is 2. The predicted octanol–water partition coefficient (Wildman–Crippen LogP) is 2.96. The minimum absolute atomic E-state index is 0.0178. The summed E-state index contributed by atoms with van der Waals surface area (Å²) in [6.45, 7) is 7.04. The first-order chi connectivity index (χ1) is 11.3. The van der Waals surface area contributed by atoms with Gasteiger partial charge in [-0.1, -0.05) is 39.0 Å². The van der Waals surface area contributed by atoms with Crippen molar-refractivity contribution in [3.63, 3.8) is 0 Å². The quantitative estimate of drug-likeness (QED) is 0.918. The van der Waals surface area contributed by atoms with Gasteiger partial charge in [-0.05, 0) is 17.0 Å². The molecule has 1 amide bonds. The molecule has 1 aliphatic rings. The van der Waals surface area contributed by atoms with E-state index in [9.17, 15) is 9.59 Å². The molecule has 1 aromatic heterocycles. The van der Waals surface area contributed by atoms with E-state index < -0.39 is 5.97 Å². The van der Waals surface area contributed by atoms with Crippen LogP contribution in [0.25, 0.3) is 0 Å². The maximum absolute atomic E-state index is 12.8. The van der Waals surface area contributed by atoms with Gasteiger partial charge in [0, 0.05) is 18.2 Å². The highest BCUT2D eigenvalue weighted by Crippen LogP contribution is 2.45. The fraction of sp³-hybridized carbons (Fsp3) is 0.333. The SMILES string of the molecule is CC(C)(C)C1CN(C(=O)c2cnc(C(=O)O)cn2)c2ccccc21. The van der Waals surface area contributed by atoms with Crippen molar-refractivity contribution >= 4 is 17.6 Å². The maximum Gasteiger partial charge on any atom is 0.356 e. The number of carbonyl (C=O) groups is 2. The Morgan fingerprint density at radius 2 is 1.75 bits per heavy atom. The number of para-hydroxylation sites is 1. The molecule has 2 heterocycles. The topological polar surface area (TPSA) is 83.4 Å². The highest BCUT2D eigenvalue weighted by molar-refractivity contribution is 6.06. The number of hydrogen-bond donors (Lipinski definition) is 1. The van der Waals surface area contributed by atoms with E-state index in [1.807, 2.05) is 18.2 Å². The van der Waals surface area contributed by atoms with Gasteiger partial charge in [0.05, 0.1) is 12.4 Å². The fourth-order valence-electron chi connectivity index (χ4n) is 3.03. The zero-order chi connectivity index (χ0) is 17.5. The Kier molecular flexibility index (Phi) is 3.83. The molecule has 24 heavy (non-hydrogen) atoms.